The van der Waals surface area contributed by atoms with E-state index in [1.165, 1.54) is 5.56 Å². The normalized spacial score (nSPS) is 13.5. The highest BCUT2D eigenvalue weighted by atomic mass is 15.3. The summed E-state index contributed by atoms with van der Waals surface area (Å²) in [7, 11) is 0. The molecular formula is C16H23N3. The average Bonchev–Trinajstić information content (AvgIpc) is 2.74. The van der Waals surface area contributed by atoms with E-state index in [0.717, 1.165) is 11.3 Å². The molecule has 1 aromatic heterocycles. The summed E-state index contributed by atoms with van der Waals surface area (Å²) in [5.74, 6) is 0. The molecule has 3 nitrogen and oxygen atoms in total. The summed E-state index contributed by atoms with van der Waals surface area (Å²) in [6.07, 6.45) is 1.81. The molecule has 0 aliphatic heterocycles. The third-order valence-electron chi connectivity index (χ3n) is 3.50. The predicted octanol–water partition coefficient (Wildman–Crippen LogP) is 3.19. The van der Waals surface area contributed by atoms with Gasteiger partial charge >= 0.3 is 0 Å². The molecule has 102 valence electrons. The number of rotatable bonds is 3. The molecule has 1 aromatic carbocycles. The SMILES string of the molecule is Cc1ccnn1CC(N)c1ccc(C(C)(C)C)cc1. The van der Waals surface area contributed by atoms with Crippen molar-refractivity contribution in [3.05, 3.63) is 53.3 Å². The summed E-state index contributed by atoms with van der Waals surface area (Å²) in [5.41, 5.74) is 10.1. The molecule has 1 unspecified atom stereocenters. The Balaban J connectivity index is 2.12. The maximum Gasteiger partial charge on any atom is 0.0605 e. The Morgan fingerprint density at radius 1 is 1.16 bits per heavy atom. The molecule has 0 aliphatic rings. The number of nitrogens with zero attached hydrogens (tertiary/aromatic N) is 2. The number of aryl methyl sites for hydroxylation is 1. The van der Waals surface area contributed by atoms with Crippen LogP contribution in [0.3, 0.4) is 0 Å². The summed E-state index contributed by atoms with van der Waals surface area (Å²) in [6.45, 7) is 9.41. The lowest BCUT2D eigenvalue weighted by Gasteiger charge is -2.20. The maximum atomic E-state index is 6.25. The van der Waals surface area contributed by atoms with Crippen LogP contribution in [0.5, 0.6) is 0 Å². The Hall–Kier alpha value is -1.61. The molecule has 1 heterocycles. The molecular weight excluding hydrogens is 234 g/mol. The van der Waals surface area contributed by atoms with Gasteiger partial charge < -0.3 is 5.73 Å². The Kier molecular flexibility index (Phi) is 3.76. The van der Waals surface area contributed by atoms with Crippen LogP contribution >= 0.6 is 0 Å². The second-order valence-electron chi connectivity index (χ2n) is 6.13. The first-order chi connectivity index (χ1) is 8.88. The Morgan fingerprint density at radius 3 is 2.26 bits per heavy atom. The molecule has 0 aliphatic carbocycles. The highest BCUT2D eigenvalue weighted by molar-refractivity contribution is 5.29. The molecule has 0 saturated carbocycles. The molecule has 2 N–H and O–H groups in total. The van der Waals surface area contributed by atoms with E-state index in [1.54, 1.807) is 0 Å². The van der Waals surface area contributed by atoms with Gasteiger partial charge in [-0.25, -0.2) is 0 Å². The first-order valence-corrected chi connectivity index (χ1v) is 6.72. The Labute approximate surface area is 115 Å². The van der Waals surface area contributed by atoms with Crippen molar-refractivity contribution in [3.8, 4) is 0 Å². The van der Waals surface area contributed by atoms with Crippen LogP contribution in [-0.4, -0.2) is 9.78 Å². The van der Waals surface area contributed by atoms with Gasteiger partial charge in [0.1, 0.15) is 0 Å². The fourth-order valence-corrected chi connectivity index (χ4v) is 2.11. The number of hydrogen-bond donors (Lipinski definition) is 1. The molecule has 0 bridgehead atoms. The lowest BCUT2D eigenvalue weighted by Crippen LogP contribution is -2.19. The summed E-state index contributed by atoms with van der Waals surface area (Å²) >= 11 is 0. The van der Waals surface area contributed by atoms with Crippen molar-refractivity contribution in [2.45, 2.75) is 45.7 Å². The van der Waals surface area contributed by atoms with E-state index in [1.807, 2.05) is 23.9 Å². The molecule has 2 rings (SSSR count). The van der Waals surface area contributed by atoms with Gasteiger partial charge in [-0.15, -0.1) is 0 Å². The molecule has 19 heavy (non-hydrogen) atoms. The molecule has 0 amide bonds. The van der Waals surface area contributed by atoms with Crippen molar-refractivity contribution in [3.63, 3.8) is 0 Å². The van der Waals surface area contributed by atoms with E-state index in [-0.39, 0.29) is 11.5 Å². The molecule has 0 radical (unpaired) electrons. The smallest absolute Gasteiger partial charge is 0.0605 e. The zero-order chi connectivity index (χ0) is 14.0. The van der Waals surface area contributed by atoms with Gasteiger partial charge in [0.05, 0.1) is 6.54 Å². The molecule has 0 fully saturated rings. The summed E-state index contributed by atoms with van der Waals surface area (Å²) in [4.78, 5) is 0. The molecule has 0 saturated heterocycles. The minimum atomic E-state index is -0.0207. The van der Waals surface area contributed by atoms with Gasteiger partial charge in [0.25, 0.3) is 0 Å². The third kappa shape index (κ3) is 3.24. The fraction of sp³-hybridized carbons (Fsp3) is 0.438. The lowest BCUT2D eigenvalue weighted by atomic mass is 9.86. The van der Waals surface area contributed by atoms with Crippen LogP contribution in [0, 0.1) is 6.92 Å². The Morgan fingerprint density at radius 2 is 1.79 bits per heavy atom. The van der Waals surface area contributed by atoms with Gasteiger partial charge in [-0.2, -0.15) is 5.10 Å². The predicted molar refractivity (Wildman–Crippen MR) is 79.0 cm³/mol. The van der Waals surface area contributed by atoms with Crippen molar-refractivity contribution in [2.24, 2.45) is 5.73 Å². The van der Waals surface area contributed by atoms with E-state index in [2.05, 4.69) is 50.1 Å². The highest BCUT2D eigenvalue weighted by Gasteiger charge is 2.14. The van der Waals surface area contributed by atoms with Gasteiger partial charge in [-0.1, -0.05) is 45.0 Å². The first kappa shape index (κ1) is 13.8. The summed E-state index contributed by atoms with van der Waals surface area (Å²) in [6, 6.07) is 10.6. The molecule has 3 heteroatoms. The molecule has 2 aromatic rings. The first-order valence-electron chi connectivity index (χ1n) is 6.72. The zero-order valence-electron chi connectivity index (χ0n) is 12.2. The van der Waals surface area contributed by atoms with Crippen molar-refractivity contribution < 1.29 is 0 Å². The Bertz CT molecular complexity index is 532. The second kappa shape index (κ2) is 5.17. The van der Waals surface area contributed by atoms with Crippen LogP contribution in [0.1, 0.15) is 43.6 Å². The fourth-order valence-electron chi connectivity index (χ4n) is 2.11. The number of aromatic nitrogens is 2. The third-order valence-corrected chi connectivity index (χ3v) is 3.50. The van der Waals surface area contributed by atoms with E-state index in [9.17, 15) is 0 Å². The topological polar surface area (TPSA) is 43.8 Å². The van der Waals surface area contributed by atoms with E-state index < -0.39 is 0 Å². The van der Waals surface area contributed by atoms with Crippen molar-refractivity contribution in [2.75, 3.05) is 0 Å². The van der Waals surface area contributed by atoms with Crippen molar-refractivity contribution in [1.82, 2.24) is 9.78 Å². The zero-order valence-corrected chi connectivity index (χ0v) is 12.2. The van der Waals surface area contributed by atoms with Crippen molar-refractivity contribution >= 4 is 0 Å². The van der Waals surface area contributed by atoms with E-state index in [0.29, 0.717) is 6.54 Å². The minimum absolute atomic E-state index is 0.0207. The number of hydrogen-bond acceptors (Lipinski definition) is 2. The van der Waals surface area contributed by atoms with E-state index in [4.69, 9.17) is 5.73 Å². The van der Waals surface area contributed by atoms with Crippen molar-refractivity contribution in [1.29, 1.82) is 0 Å². The van der Waals surface area contributed by atoms with Gasteiger partial charge in [0.2, 0.25) is 0 Å². The standard InChI is InChI=1S/C16H23N3/c1-12-9-10-18-19(12)11-15(17)13-5-7-14(8-6-13)16(2,3)4/h5-10,15H,11,17H2,1-4H3. The van der Waals surface area contributed by atoms with Crippen LogP contribution in [-0.2, 0) is 12.0 Å². The quantitative estimate of drug-likeness (QED) is 0.917. The van der Waals surface area contributed by atoms with Crippen LogP contribution in [0.15, 0.2) is 36.5 Å². The highest BCUT2D eigenvalue weighted by Crippen LogP contribution is 2.23. The van der Waals surface area contributed by atoms with E-state index >= 15 is 0 Å². The minimum Gasteiger partial charge on any atom is -0.322 e. The van der Waals surface area contributed by atoms with Gasteiger partial charge in [-0.05, 0) is 29.5 Å². The number of nitrogens with two attached hydrogens (primary N) is 1. The monoisotopic (exact) mass is 257 g/mol. The maximum absolute atomic E-state index is 6.25. The molecule has 0 spiro atoms. The van der Waals surface area contributed by atoms with Crippen LogP contribution < -0.4 is 5.73 Å². The van der Waals surface area contributed by atoms with Crippen LogP contribution in [0.4, 0.5) is 0 Å². The molecule has 1 atom stereocenters. The van der Waals surface area contributed by atoms with Crippen LogP contribution in [0.25, 0.3) is 0 Å². The largest absolute Gasteiger partial charge is 0.322 e. The van der Waals surface area contributed by atoms with Gasteiger partial charge in [0.15, 0.2) is 0 Å². The second-order valence-corrected chi connectivity index (χ2v) is 6.13. The number of benzene rings is 1. The average molecular weight is 257 g/mol. The van der Waals surface area contributed by atoms with Gasteiger partial charge in [-0.3, -0.25) is 4.68 Å². The summed E-state index contributed by atoms with van der Waals surface area (Å²) < 4.78 is 1.95. The summed E-state index contributed by atoms with van der Waals surface area (Å²) in [5, 5.41) is 4.27. The van der Waals surface area contributed by atoms with Gasteiger partial charge in [0, 0.05) is 17.9 Å². The van der Waals surface area contributed by atoms with Crippen LogP contribution in [0.2, 0.25) is 0 Å². The lowest BCUT2D eigenvalue weighted by molar-refractivity contribution is 0.516.